The van der Waals surface area contributed by atoms with Crippen LogP contribution in [0.3, 0.4) is 0 Å². The monoisotopic (exact) mass is 292 g/mol. The Kier molecular flexibility index (Phi) is 3.99. The van der Waals surface area contributed by atoms with Gasteiger partial charge in [-0.15, -0.1) is 0 Å². The Morgan fingerprint density at radius 2 is 1.14 bits per heavy atom. The molecule has 0 aliphatic heterocycles. The van der Waals surface area contributed by atoms with Crippen LogP contribution in [0.15, 0.2) is 60.7 Å². The number of fused-ring (bicyclic) bond motifs is 1. The van der Waals surface area contributed by atoms with Gasteiger partial charge in [0.05, 0.1) is 6.04 Å². The Balaban J connectivity index is 1.52. The molecule has 0 heterocycles. The zero-order chi connectivity index (χ0) is 14.8. The fourth-order valence-electron chi connectivity index (χ4n) is 4.61. The van der Waals surface area contributed by atoms with E-state index in [1.54, 1.807) is 4.90 Å². The number of benzene rings is 2. The molecule has 1 unspecified atom stereocenters. The normalized spacial score (nSPS) is 26.7. The SMILES string of the molecule is c1ccc(C[NH+](Cc2ccccc2)C2[C@H]3CCCC[C@@H]23)cc1. The van der Waals surface area contributed by atoms with E-state index in [0.717, 1.165) is 17.9 Å². The van der Waals surface area contributed by atoms with Gasteiger partial charge in [0.25, 0.3) is 0 Å². The molecular formula is C21H26N+. The fourth-order valence-corrected chi connectivity index (χ4v) is 4.61. The summed E-state index contributed by atoms with van der Waals surface area (Å²) in [5.41, 5.74) is 2.97. The Morgan fingerprint density at radius 1 is 0.682 bits per heavy atom. The summed E-state index contributed by atoms with van der Waals surface area (Å²) in [5, 5.41) is 0. The molecule has 1 heteroatoms. The second kappa shape index (κ2) is 6.26. The molecule has 2 aromatic rings. The zero-order valence-corrected chi connectivity index (χ0v) is 13.2. The third-order valence-corrected chi connectivity index (χ3v) is 5.68. The summed E-state index contributed by atoms with van der Waals surface area (Å²) < 4.78 is 0. The summed E-state index contributed by atoms with van der Waals surface area (Å²) in [6.07, 6.45) is 5.87. The first kappa shape index (κ1) is 14.0. The molecule has 1 N–H and O–H groups in total. The third kappa shape index (κ3) is 2.96. The first-order valence-corrected chi connectivity index (χ1v) is 8.84. The molecule has 22 heavy (non-hydrogen) atoms. The minimum atomic E-state index is 0.905. The Bertz CT molecular complexity index is 538. The lowest BCUT2D eigenvalue weighted by atomic mass is 10.0. The van der Waals surface area contributed by atoms with Gasteiger partial charge >= 0.3 is 0 Å². The fraction of sp³-hybridized carbons (Fsp3) is 0.429. The topological polar surface area (TPSA) is 4.44 Å². The van der Waals surface area contributed by atoms with Crippen molar-refractivity contribution in [3.8, 4) is 0 Å². The van der Waals surface area contributed by atoms with E-state index in [4.69, 9.17) is 0 Å². The highest BCUT2D eigenvalue weighted by molar-refractivity contribution is 5.15. The Morgan fingerprint density at radius 3 is 1.59 bits per heavy atom. The van der Waals surface area contributed by atoms with Gasteiger partial charge in [0, 0.05) is 23.0 Å². The van der Waals surface area contributed by atoms with Gasteiger partial charge in [0.2, 0.25) is 0 Å². The highest BCUT2D eigenvalue weighted by atomic mass is 15.2. The molecule has 2 saturated carbocycles. The minimum Gasteiger partial charge on any atom is -0.325 e. The summed E-state index contributed by atoms with van der Waals surface area (Å²) in [6, 6.07) is 23.0. The quantitative estimate of drug-likeness (QED) is 0.861. The molecule has 0 saturated heterocycles. The van der Waals surface area contributed by atoms with E-state index in [0.29, 0.717) is 0 Å². The van der Waals surface area contributed by atoms with Crippen LogP contribution < -0.4 is 4.90 Å². The van der Waals surface area contributed by atoms with E-state index in [2.05, 4.69) is 60.7 Å². The van der Waals surface area contributed by atoms with Crippen LogP contribution in [0.4, 0.5) is 0 Å². The van der Waals surface area contributed by atoms with Gasteiger partial charge in [-0.05, 0) is 12.8 Å². The molecule has 4 rings (SSSR count). The maximum absolute atomic E-state index is 2.29. The summed E-state index contributed by atoms with van der Waals surface area (Å²) in [6.45, 7) is 2.35. The molecule has 2 aliphatic rings. The van der Waals surface area contributed by atoms with Crippen molar-refractivity contribution in [3.63, 3.8) is 0 Å². The second-order valence-corrected chi connectivity index (χ2v) is 7.12. The first-order valence-electron chi connectivity index (χ1n) is 8.84. The van der Waals surface area contributed by atoms with Gasteiger partial charge in [-0.1, -0.05) is 73.5 Å². The number of quaternary nitrogens is 1. The molecule has 2 fully saturated rings. The lowest BCUT2D eigenvalue weighted by Gasteiger charge is -2.21. The molecule has 3 atom stereocenters. The second-order valence-electron chi connectivity index (χ2n) is 7.12. The van der Waals surface area contributed by atoms with Crippen LogP contribution >= 0.6 is 0 Å². The van der Waals surface area contributed by atoms with E-state index in [1.807, 2.05) is 0 Å². The van der Waals surface area contributed by atoms with Crippen molar-refractivity contribution >= 4 is 0 Å². The van der Waals surface area contributed by atoms with Crippen molar-refractivity contribution in [2.45, 2.75) is 44.8 Å². The van der Waals surface area contributed by atoms with Crippen LogP contribution in [0.25, 0.3) is 0 Å². The van der Waals surface area contributed by atoms with Gasteiger partial charge in [0.15, 0.2) is 0 Å². The van der Waals surface area contributed by atoms with Gasteiger partial charge in [-0.25, -0.2) is 0 Å². The van der Waals surface area contributed by atoms with Gasteiger partial charge in [-0.3, -0.25) is 0 Å². The molecule has 2 aromatic carbocycles. The van der Waals surface area contributed by atoms with E-state index >= 15 is 0 Å². The van der Waals surface area contributed by atoms with Crippen LogP contribution in [0.2, 0.25) is 0 Å². The Hall–Kier alpha value is -1.60. The van der Waals surface area contributed by atoms with Crippen molar-refractivity contribution in [1.82, 2.24) is 0 Å². The predicted molar refractivity (Wildman–Crippen MR) is 90.5 cm³/mol. The molecule has 0 spiro atoms. The maximum Gasteiger partial charge on any atom is 0.103 e. The predicted octanol–water partition coefficient (Wildman–Crippen LogP) is 3.46. The Labute approximate surface area is 134 Å². The van der Waals surface area contributed by atoms with Crippen LogP contribution in [0.5, 0.6) is 0 Å². The molecular weight excluding hydrogens is 266 g/mol. The average Bonchev–Trinajstić information content (AvgIpc) is 3.30. The molecule has 114 valence electrons. The van der Waals surface area contributed by atoms with E-state index in [1.165, 1.54) is 49.9 Å². The first-order chi connectivity index (χ1) is 10.9. The van der Waals surface area contributed by atoms with E-state index < -0.39 is 0 Å². The molecule has 1 nitrogen and oxygen atoms in total. The van der Waals surface area contributed by atoms with Crippen LogP contribution in [0.1, 0.15) is 36.8 Å². The standard InChI is InChI=1S/C21H25N/c1-3-9-17(10-4-1)15-22(16-18-11-5-2-6-12-18)21-19-13-7-8-14-20(19)21/h1-6,9-12,19-21H,7-8,13-16H2/p+1/t19-,20+,21?. The molecule has 0 bridgehead atoms. The molecule has 2 aliphatic carbocycles. The van der Waals surface area contributed by atoms with Crippen molar-refractivity contribution in [2.24, 2.45) is 11.8 Å². The molecule has 0 aromatic heterocycles. The lowest BCUT2D eigenvalue weighted by molar-refractivity contribution is -0.941. The van der Waals surface area contributed by atoms with Crippen molar-refractivity contribution in [3.05, 3.63) is 71.8 Å². The van der Waals surface area contributed by atoms with E-state index in [-0.39, 0.29) is 0 Å². The zero-order valence-electron chi connectivity index (χ0n) is 13.2. The maximum atomic E-state index is 2.29. The molecule has 0 amide bonds. The van der Waals surface area contributed by atoms with Gasteiger partial charge in [-0.2, -0.15) is 0 Å². The summed E-state index contributed by atoms with van der Waals surface area (Å²) in [7, 11) is 0. The van der Waals surface area contributed by atoms with Crippen molar-refractivity contribution in [1.29, 1.82) is 0 Å². The smallest absolute Gasteiger partial charge is 0.103 e. The van der Waals surface area contributed by atoms with Gasteiger partial charge in [0.1, 0.15) is 13.1 Å². The number of rotatable bonds is 5. The average molecular weight is 292 g/mol. The summed E-state index contributed by atoms with van der Waals surface area (Å²) >= 11 is 0. The summed E-state index contributed by atoms with van der Waals surface area (Å²) in [5.74, 6) is 2.02. The molecule has 0 radical (unpaired) electrons. The number of hydrogen-bond acceptors (Lipinski definition) is 0. The van der Waals surface area contributed by atoms with Crippen molar-refractivity contribution in [2.75, 3.05) is 0 Å². The number of hydrogen-bond donors (Lipinski definition) is 1. The highest BCUT2D eigenvalue weighted by Gasteiger charge is 2.57. The van der Waals surface area contributed by atoms with Crippen LogP contribution in [-0.2, 0) is 13.1 Å². The largest absolute Gasteiger partial charge is 0.325 e. The third-order valence-electron chi connectivity index (χ3n) is 5.68. The summed E-state index contributed by atoms with van der Waals surface area (Å²) in [4.78, 5) is 1.79. The highest BCUT2D eigenvalue weighted by Crippen LogP contribution is 2.48. The van der Waals surface area contributed by atoms with Crippen LogP contribution in [-0.4, -0.2) is 6.04 Å². The van der Waals surface area contributed by atoms with Crippen LogP contribution in [0, 0.1) is 11.8 Å². The van der Waals surface area contributed by atoms with E-state index in [9.17, 15) is 0 Å². The van der Waals surface area contributed by atoms with Gasteiger partial charge < -0.3 is 4.90 Å². The lowest BCUT2D eigenvalue weighted by Crippen LogP contribution is -3.11. The van der Waals surface area contributed by atoms with Crippen molar-refractivity contribution < 1.29 is 4.90 Å². The number of nitrogens with one attached hydrogen (secondary N) is 1. The minimum absolute atomic E-state index is 0.905.